The zero-order chi connectivity index (χ0) is 5.98. The second kappa shape index (κ2) is 2.24. The largest absolute Gasteiger partial charge is 0.627 e. The van der Waals surface area contributed by atoms with Crippen molar-refractivity contribution in [2.45, 2.75) is 19.3 Å². The molecule has 0 bridgehead atoms. The highest BCUT2D eigenvalue weighted by Gasteiger charge is 2.14. The van der Waals surface area contributed by atoms with Gasteiger partial charge in [-0.3, -0.25) is 0 Å². The minimum absolute atomic E-state index is 0.170. The van der Waals surface area contributed by atoms with Gasteiger partial charge in [-0.05, 0) is 12.8 Å². The zero-order valence-corrected chi connectivity index (χ0v) is 4.64. The number of quaternary nitrogens is 1. The van der Waals surface area contributed by atoms with Crippen LogP contribution in [0.4, 0.5) is 0 Å². The van der Waals surface area contributed by atoms with Crippen LogP contribution in [-0.2, 0) is 4.79 Å². The molecule has 0 aromatic rings. The maximum atomic E-state index is 10.4. The van der Waals surface area contributed by atoms with E-state index in [0.29, 0.717) is 13.0 Å². The van der Waals surface area contributed by atoms with Gasteiger partial charge in [-0.1, -0.05) is 0 Å². The zero-order valence-electron chi connectivity index (χ0n) is 4.64. The number of rotatable bonds is 0. The molecule has 0 saturated carbocycles. The summed E-state index contributed by atoms with van der Waals surface area (Å²) in [5, 5.41) is 10.3. The number of hydrogen-bond donors (Lipinski definition) is 1. The van der Waals surface area contributed by atoms with Crippen molar-refractivity contribution in [1.82, 2.24) is 0 Å². The number of piperidine rings is 1. The van der Waals surface area contributed by atoms with Crippen LogP contribution in [0.25, 0.3) is 0 Å². The Kier molecular flexibility index (Phi) is 1.60. The number of hydrogen-bond acceptors (Lipinski definition) is 2. The highest BCUT2D eigenvalue weighted by Crippen LogP contribution is 1.94. The van der Waals surface area contributed by atoms with Gasteiger partial charge in [-0.15, -0.1) is 0 Å². The monoisotopic (exact) mass is 115 g/mol. The molecule has 1 aliphatic rings. The van der Waals surface area contributed by atoms with Crippen molar-refractivity contribution < 1.29 is 9.86 Å². The van der Waals surface area contributed by atoms with Gasteiger partial charge in [0, 0.05) is 0 Å². The van der Waals surface area contributed by atoms with Crippen molar-refractivity contribution >= 4 is 5.91 Å². The third-order valence-electron chi connectivity index (χ3n) is 1.37. The molecular formula is C5H9NO2. The first-order chi connectivity index (χ1) is 3.80. The average Bonchev–Trinajstić information content (AvgIpc) is 1.77. The van der Waals surface area contributed by atoms with Crippen LogP contribution in [0.5, 0.6) is 0 Å². The molecule has 0 radical (unpaired) electrons. The number of carbonyl (C=O) groups excluding carboxylic acids is 1. The molecule has 1 heterocycles. The standard InChI is InChI=1S/C5H9NO2/c7-5-3-1-2-4-6(5)8/h6H,1-4H2. The van der Waals surface area contributed by atoms with Gasteiger partial charge in [0.05, 0.1) is 13.0 Å². The molecule has 8 heavy (non-hydrogen) atoms. The van der Waals surface area contributed by atoms with E-state index in [1.165, 1.54) is 0 Å². The van der Waals surface area contributed by atoms with Crippen LogP contribution >= 0.6 is 0 Å². The summed E-state index contributed by atoms with van der Waals surface area (Å²) >= 11 is 0. The number of carbonyl (C=O) groups is 1. The molecule has 1 saturated heterocycles. The first kappa shape index (κ1) is 5.72. The Morgan fingerprint density at radius 3 is 2.62 bits per heavy atom. The highest BCUT2D eigenvalue weighted by molar-refractivity contribution is 5.67. The summed E-state index contributed by atoms with van der Waals surface area (Å²) in [6, 6.07) is 0. The Morgan fingerprint density at radius 1 is 1.50 bits per heavy atom. The lowest BCUT2D eigenvalue weighted by Crippen LogP contribution is -3.10. The Bertz CT molecular complexity index is 103. The van der Waals surface area contributed by atoms with E-state index in [4.69, 9.17) is 0 Å². The summed E-state index contributed by atoms with van der Waals surface area (Å²) in [7, 11) is 0. The molecule has 0 aromatic heterocycles. The molecule has 0 spiro atoms. The summed E-state index contributed by atoms with van der Waals surface area (Å²) in [5.74, 6) is -0.170. The summed E-state index contributed by atoms with van der Waals surface area (Å²) < 4.78 is 0. The molecule has 46 valence electrons. The fourth-order valence-corrected chi connectivity index (χ4v) is 0.850. The SMILES string of the molecule is O=C1CCCC[NH+]1[O-]. The van der Waals surface area contributed by atoms with Crippen LogP contribution in [0.15, 0.2) is 0 Å². The highest BCUT2D eigenvalue weighted by atomic mass is 16.5. The lowest BCUT2D eigenvalue weighted by molar-refractivity contribution is -0.769. The van der Waals surface area contributed by atoms with Crippen molar-refractivity contribution in [3.05, 3.63) is 5.21 Å². The molecule has 3 nitrogen and oxygen atoms in total. The van der Waals surface area contributed by atoms with Gasteiger partial charge < -0.3 is 10.3 Å². The molecule has 3 heteroatoms. The predicted molar refractivity (Wildman–Crippen MR) is 28.1 cm³/mol. The van der Waals surface area contributed by atoms with Gasteiger partial charge in [0.25, 0.3) is 0 Å². The van der Waals surface area contributed by atoms with Gasteiger partial charge >= 0.3 is 5.91 Å². The van der Waals surface area contributed by atoms with Crippen LogP contribution in [0.1, 0.15) is 19.3 Å². The van der Waals surface area contributed by atoms with E-state index in [1.807, 2.05) is 0 Å². The van der Waals surface area contributed by atoms with Crippen molar-refractivity contribution in [3.63, 3.8) is 0 Å². The van der Waals surface area contributed by atoms with Crippen molar-refractivity contribution in [1.29, 1.82) is 0 Å². The summed E-state index contributed by atoms with van der Waals surface area (Å²) in [5.41, 5.74) is 0. The van der Waals surface area contributed by atoms with Crippen LogP contribution in [0.2, 0.25) is 0 Å². The summed E-state index contributed by atoms with van der Waals surface area (Å²) in [6.07, 6.45) is 2.30. The quantitative estimate of drug-likeness (QED) is 0.415. The van der Waals surface area contributed by atoms with E-state index < -0.39 is 0 Å². The van der Waals surface area contributed by atoms with Crippen molar-refractivity contribution in [2.75, 3.05) is 6.54 Å². The molecule has 1 fully saturated rings. The minimum Gasteiger partial charge on any atom is -0.627 e. The molecule has 0 aliphatic carbocycles. The van der Waals surface area contributed by atoms with E-state index in [-0.39, 0.29) is 11.0 Å². The number of nitrogens with one attached hydrogen (secondary N) is 1. The first-order valence-corrected chi connectivity index (χ1v) is 2.87. The van der Waals surface area contributed by atoms with Crippen LogP contribution < -0.4 is 5.06 Å². The normalized spacial score (nSPS) is 30.6. The first-order valence-electron chi connectivity index (χ1n) is 2.87. The third-order valence-corrected chi connectivity index (χ3v) is 1.37. The predicted octanol–water partition coefficient (Wildman–Crippen LogP) is -0.920. The van der Waals surface area contributed by atoms with E-state index in [2.05, 4.69) is 0 Å². The molecule has 0 aromatic carbocycles. The minimum atomic E-state index is -0.170. The molecular weight excluding hydrogens is 106 g/mol. The van der Waals surface area contributed by atoms with Gasteiger partial charge in [-0.25, -0.2) is 4.79 Å². The molecule has 1 unspecified atom stereocenters. The van der Waals surface area contributed by atoms with Crippen LogP contribution in [0, 0.1) is 5.21 Å². The number of amides is 1. The van der Waals surface area contributed by atoms with E-state index >= 15 is 0 Å². The molecule has 1 atom stereocenters. The Hall–Kier alpha value is -0.410. The van der Waals surface area contributed by atoms with Crippen LogP contribution in [0.3, 0.4) is 0 Å². The van der Waals surface area contributed by atoms with E-state index in [0.717, 1.165) is 12.8 Å². The lowest BCUT2D eigenvalue weighted by Gasteiger charge is -2.22. The fourth-order valence-electron chi connectivity index (χ4n) is 0.850. The average molecular weight is 115 g/mol. The lowest BCUT2D eigenvalue weighted by atomic mass is 10.2. The van der Waals surface area contributed by atoms with Gasteiger partial charge in [0.1, 0.15) is 0 Å². The Balaban J connectivity index is 2.39. The molecule has 1 aliphatic heterocycles. The molecule has 1 N–H and O–H groups in total. The summed E-state index contributed by atoms with van der Waals surface area (Å²) in [4.78, 5) is 10.4. The summed E-state index contributed by atoms with van der Waals surface area (Å²) in [6.45, 7) is 0.485. The van der Waals surface area contributed by atoms with Crippen LogP contribution in [-0.4, -0.2) is 12.5 Å². The molecule has 1 rings (SSSR count). The third kappa shape index (κ3) is 1.05. The van der Waals surface area contributed by atoms with Gasteiger partial charge in [0.2, 0.25) is 0 Å². The van der Waals surface area contributed by atoms with E-state index in [1.54, 1.807) is 0 Å². The Labute approximate surface area is 47.9 Å². The van der Waals surface area contributed by atoms with Gasteiger partial charge in [0.15, 0.2) is 0 Å². The maximum absolute atomic E-state index is 10.4. The van der Waals surface area contributed by atoms with Crippen molar-refractivity contribution in [2.24, 2.45) is 0 Å². The van der Waals surface area contributed by atoms with Gasteiger partial charge in [-0.2, -0.15) is 0 Å². The van der Waals surface area contributed by atoms with Crippen molar-refractivity contribution in [3.8, 4) is 0 Å². The maximum Gasteiger partial charge on any atom is 0.312 e. The number of hydroxylamine groups is 2. The topological polar surface area (TPSA) is 44.6 Å². The fraction of sp³-hybridized carbons (Fsp3) is 0.800. The second-order valence-corrected chi connectivity index (χ2v) is 2.05. The second-order valence-electron chi connectivity index (χ2n) is 2.05. The molecule has 1 amide bonds. The van der Waals surface area contributed by atoms with E-state index in [9.17, 15) is 10.0 Å². The Morgan fingerprint density at radius 2 is 2.25 bits per heavy atom. The smallest absolute Gasteiger partial charge is 0.312 e.